The summed E-state index contributed by atoms with van der Waals surface area (Å²) in [4.78, 5) is 39.7. The minimum atomic E-state index is -0.747. The van der Waals surface area contributed by atoms with Crippen molar-refractivity contribution in [2.24, 2.45) is 22.7 Å². The molecule has 2 aromatic carbocycles. The van der Waals surface area contributed by atoms with Crippen LogP contribution >= 0.6 is 0 Å². The summed E-state index contributed by atoms with van der Waals surface area (Å²) in [7, 11) is 0. The van der Waals surface area contributed by atoms with Gasteiger partial charge in [-0.25, -0.2) is 4.79 Å². The van der Waals surface area contributed by atoms with Crippen LogP contribution in [0.15, 0.2) is 54.6 Å². The van der Waals surface area contributed by atoms with Crippen molar-refractivity contribution in [3.63, 3.8) is 0 Å². The van der Waals surface area contributed by atoms with Crippen LogP contribution in [-0.2, 0) is 14.3 Å². The Morgan fingerprint density at radius 3 is 2.36 bits per heavy atom. The molecule has 0 aromatic heterocycles. The summed E-state index contributed by atoms with van der Waals surface area (Å²) in [6, 6.07) is 16.4. The van der Waals surface area contributed by atoms with E-state index >= 15 is 0 Å². The fourth-order valence-electron chi connectivity index (χ4n) is 8.00. The topological polar surface area (TPSA) is 137 Å². The number of para-hydroxylation sites is 1. The fraction of sp³-hybridized carbons (Fsp3) is 0.559. The number of aliphatic hydroxyl groups is 2. The lowest BCUT2D eigenvalue weighted by Crippen LogP contribution is -2.61. The van der Waals surface area contributed by atoms with Gasteiger partial charge in [-0.05, 0) is 85.8 Å². The van der Waals surface area contributed by atoms with Gasteiger partial charge in [-0.2, -0.15) is 0 Å². The molecule has 1 saturated heterocycles. The second kappa shape index (κ2) is 13.2. The number of amides is 3. The number of fused-ring (bicyclic) bond motifs is 1. The van der Waals surface area contributed by atoms with E-state index in [1.807, 2.05) is 37.3 Å². The quantitative estimate of drug-likeness (QED) is 0.341. The van der Waals surface area contributed by atoms with Crippen molar-refractivity contribution in [2.75, 3.05) is 25.0 Å². The van der Waals surface area contributed by atoms with E-state index in [0.29, 0.717) is 62.4 Å². The Balaban J connectivity index is 1.22. The van der Waals surface area contributed by atoms with Gasteiger partial charge in [0, 0.05) is 43.6 Å². The van der Waals surface area contributed by atoms with E-state index in [4.69, 9.17) is 9.47 Å². The van der Waals surface area contributed by atoms with Gasteiger partial charge in [0.1, 0.15) is 17.6 Å². The van der Waals surface area contributed by atoms with Crippen LogP contribution in [0.1, 0.15) is 59.3 Å². The zero-order valence-electron chi connectivity index (χ0n) is 25.8. The average Bonchev–Trinajstić information content (AvgIpc) is 3.46. The zero-order chi connectivity index (χ0) is 31.5. The van der Waals surface area contributed by atoms with Crippen molar-refractivity contribution in [2.45, 2.75) is 77.5 Å². The number of nitrogens with one attached hydrogen (secondary N) is 2. The third-order valence-corrected chi connectivity index (χ3v) is 10.3. The largest absolute Gasteiger partial charge is 0.457 e. The predicted octanol–water partition coefficient (Wildman–Crippen LogP) is 4.71. The highest BCUT2D eigenvalue weighted by atomic mass is 16.6. The summed E-state index contributed by atoms with van der Waals surface area (Å²) < 4.78 is 11.8. The van der Waals surface area contributed by atoms with Crippen molar-refractivity contribution in [1.82, 2.24) is 10.2 Å². The first-order valence-corrected chi connectivity index (χ1v) is 15.7. The zero-order valence-corrected chi connectivity index (χ0v) is 25.8. The van der Waals surface area contributed by atoms with E-state index in [2.05, 4.69) is 17.6 Å². The van der Waals surface area contributed by atoms with Gasteiger partial charge < -0.3 is 29.9 Å². The Kier molecular flexibility index (Phi) is 9.51. The number of aliphatic hydroxyl groups excluding tert-OH is 2. The number of hydrogen-bond donors (Lipinski definition) is 4. The molecule has 238 valence electrons. The standard InChI is InChI=1S/C34H45N3O7/c1-22(39)35-24-16-18-37(20-24)31(41)19-27-28(40)13-14-29-33(27,2)17-15-30(34(29,3)21-38)44-32(42)36-23-9-11-26(12-10-23)43-25-7-5-4-6-8-25/h4-12,24,27-30,38,40H,13-21H2,1-3H3,(H,35,39)(H,36,42)/t24-,27+,28+,29-,30+,33-,34-/m0/s1. The second-order valence-corrected chi connectivity index (χ2v) is 13.2. The molecule has 2 aliphatic carbocycles. The molecule has 5 rings (SSSR count). The molecular formula is C34H45N3O7. The van der Waals surface area contributed by atoms with Gasteiger partial charge in [-0.3, -0.25) is 14.9 Å². The van der Waals surface area contributed by atoms with Gasteiger partial charge in [-0.15, -0.1) is 0 Å². The van der Waals surface area contributed by atoms with Gasteiger partial charge in [0.05, 0.1) is 12.7 Å². The lowest BCUT2D eigenvalue weighted by molar-refractivity contribution is -0.186. The van der Waals surface area contributed by atoms with Gasteiger partial charge >= 0.3 is 6.09 Å². The number of likely N-dealkylation sites (tertiary alicyclic amines) is 1. The molecule has 0 radical (unpaired) electrons. The van der Waals surface area contributed by atoms with E-state index in [9.17, 15) is 24.6 Å². The normalized spacial score (nSPS) is 31.5. The Morgan fingerprint density at radius 1 is 0.977 bits per heavy atom. The highest BCUT2D eigenvalue weighted by molar-refractivity contribution is 5.84. The van der Waals surface area contributed by atoms with Gasteiger partial charge in [0.25, 0.3) is 0 Å². The van der Waals surface area contributed by atoms with Crippen LogP contribution in [0.4, 0.5) is 10.5 Å². The molecule has 44 heavy (non-hydrogen) atoms. The number of nitrogens with zero attached hydrogens (tertiary/aromatic N) is 1. The molecule has 1 heterocycles. The molecule has 3 aliphatic rings. The molecule has 3 amide bonds. The van der Waals surface area contributed by atoms with Crippen molar-refractivity contribution in [3.05, 3.63) is 54.6 Å². The summed E-state index contributed by atoms with van der Waals surface area (Å²) in [5, 5.41) is 27.6. The number of rotatable bonds is 8. The maximum absolute atomic E-state index is 13.4. The molecule has 0 unspecified atom stereocenters. The molecule has 10 nitrogen and oxygen atoms in total. The van der Waals surface area contributed by atoms with E-state index in [0.717, 1.165) is 0 Å². The molecular weight excluding hydrogens is 562 g/mol. The molecule has 2 saturated carbocycles. The van der Waals surface area contributed by atoms with Crippen LogP contribution in [-0.4, -0.2) is 71.0 Å². The van der Waals surface area contributed by atoms with Crippen LogP contribution in [0.25, 0.3) is 0 Å². The summed E-state index contributed by atoms with van der Waals surface area (Å²) >= 11 is 0. The molecule has 3 fully saturated rings. The fourth-order valence-corrected chi connectivity index (χ4v) is 8.00. The number of carbonyl (C=O) groups excluding carboxylic acids is 3. The molecule has 2 aromatic rings. The van der Waals surface area contributed by atoms with Gasteiger partial charge in [-0.1, -0.05) is 32.0 Å². The molecule has 4 N–H and O–H groups in total. The van der Waals surface area contributed by atoms with Crippen molar-refractivity contribution < 1.29 is 34.1 Å². The van der Waals surface area contributed by atoms with E-state index in [-0.39, 0.29) is 42.7 Å². The second-order valence-electron chi connectivity index (χ2n) is 13.2. The Bertz CT molecular complexity index is 1320. The van der Waals surface area contributed by atoms with Crippen LogP contribution in [0.3, 0.4) is 0 Å². The summed E-state index contributed by atoms with van der Waals surface area (Å²) in [6.07, 6.45) is 1.50. The highest BCUT2D eigenvalue weighted by Gasteiger charge is 2.60. The summed E-state index contributed by atoms with van der Waals surface area (Å²) in [5.41, 5.74) is -0.612. The Labute approximate surface area is 259 Å². The molecule has 0 bridgehead atoms. The van der Waals surface area contributed by atoms with Gasteiger partial charge in [0.15, 0.2) is 0 Å². The summed E-state index contributed by atoms with van der Waals surface area (Å²) in [6.45, 7) is 6.42. The van der Waals surface area contributed by atoms with E-state index < -0.39 is 29.1 Å². The van der Waals surface area contributed by atoms with Crippen LogP contribution < -0.4 is 15.4 Å². The first kappa shape index (κ1) is 31.8. The first-order valence-electron chi connectivity index (χ1n) is 15.7. The number of carbonyl (C=O) groups is 3. The smallest absolute Gasteiger partial charge is 0.411 e. The number of hydrogen-bond acceptors (Lipinski definition) is 7. The predicted molar refractivity (Wildman–Crippen MR) is 165 cm³/mol. The van der Waals surface area contributed by atoms with Gasteiger partial charge in [0.2, 0.25) is 11.8 Å². The van der Waals surface area contributed by atoms with E-state index in [1.54, 1.807) is 29.2 Å². The molecule has 7 atom stereocenters. The minimum absolute atomic E-state index is 0.0209. The minimum Gasteiger partial charge on any atom is -0.457 e. The SMILES string of the molecule is CC(=O)N[C@H]1CCN(C(=O)C[C@@H]2[C@H](O)CC[C@@H]3[C@](C)(CO)[C@H](OC(=O)Nc4ccc(Oc5ccccc5)cc4)CC[C@]32C)C1. The monoisotopic (exact) mass is 607 g/mol. The highest BCUT2D eigenvalue weighted by Crippen LogP contribution is 2.61. The van der Waals surface area contributed by atoms with Crippen molar-refractivity contribution in [1.29, 1.82) is 0 Å². The third kappa shape index (κ3) is 6.71. The third-order valence-electron chi connectivity index (χ3n) is 10.3. The van der Waals surface area contributed by atoms with Crippen molar-refractivity contribution in [3.8, 4) is 11.5 Å². The van der Waals surface area contributed by atoms with Crippen molar-refractivity contribution >= 4 is 23.6 Å². The lowest BCUT2D eigenvalue weighted by Gasteiger charge is -2.60. The maximum atomic E-state index is 13.4. The lowest BCUT2D eigenvalue weighted by atomic mass is 9.46. The Morgan fingerprint density at radius 2 is 1.68 bits per heavy atom. The van der Waals surface area contributed by atoms with Crippen LogP contribution in [0.5, 0.6) is 11.5 Å². The Hall–Kier alpha value is -3.63. The molecule has 0 spiro atoms. The maximum Gasteiger partial charge on any atom is 0.411 e. The average molecular weight is 608 g/mol. The number of ether oxygens (including phenoxy) is 2. The molecule has 1 aliphatic heterocycles. The van der Waals surface area contributed by atoms with E-state index in [1.165, 1.54) is 6.92 Å². The number of anilines is 1. The summed E-state index contributed by atoms with van der Waals surface area (Å²) in [5.74, 6) is 0.879. The number of benzene rings is 2. The van der Waals surface area contributed by atoms with Crippen LogP contribution in [0.2, 0.25) is 0 Å². The van der Waals surface area contributed by atoms with Crippen LogP contribution in [0, 0.1) is 22.7 Å². The first-order chi connectivity index (χ1) is 21.0. The molecule has 10 heteroatoms.